The zero-order chi connectivity index (χ0) is 20.7. The molecule has 0 saturated heterocycles. The molecule has 0 spiro atoms. The lowest BCUT2D eigenvalue weighted by molar-refractivity contribution is -0.146. The van der Waals surface area contributed by atoms with E-state index in [0.717, 1.165) is 0 Å². The Morgan fingerprint density at radius 3 is 2.41 bits per heavy atom. The van der Waals surface area contributed by atoms with Crippen LogP contribution in [0.15, 0.2) is 29.4 Å². The molecule has 27 heavy (non-hydrogen) atoms. The highest BCUT2D eigenvalue weighted by molar-refractivity contribution is 7.89. The van der Waals surface area contributed by atoms with Gasteiger partial charge in [0.15, 0.2) is 0 Å². The zero-order valence-corrected chi connectivity index (χ0v) is 18.4. The minimum absolute atomic E-state index is 0.0395. The smallest absolute Gasteiger partial charge is 0.310 e. The van der Waals surface area contributed by atoms with Gasteiger partial charge in [0, 0.05) is 24.6 Å². The Hall–Kier alpha value is -1.58. The molecule has 11 heteroatoms. The predicted octanol–water partition coefficient (Wildman–Crippen LogP) is 3.74. The number of hydrogen-bond acceptors (Lipinski definition) is 5. The number of azide groups is 1. The fraction of sp³-hybridized carbons (Fsp3) is 0.562. The van der Waals surface area contributed by atoms with Gasteiger partial charge in [0.2, 0.25) is 10.0 Å². The summed E-state index contributed by atoms with van der Waals surface area (Å²) in [6.07, 6.45) is 0. The van der Waals surface area contributed by atoms with E-state index in [9.17, 15) is 13.2 Å². The molecule has 1 aromatic rings. The van der Waals surface area contributed by atoms with Gasteiger partial charge >= 0.3 is 5.97 Å². The molecule has 0 aromatic heterocycles. The molecule has 0 unspecified atom stereocenters. The largest absolute Gasteiger partial charge is 0.469 e. The first-order chi connectivity index (χ1) is 12.5. The molecule has 0 aliphatic carbocycles. The molecule has 150 valence electrons. The summed E-state index contributed by atoms with van der Waals surface area (Å²) in [7, 11) is -4.05. The third-order valence-electron chi connectivity index (χ3n) is 3.90. The number of carbonyl (C=O) groups is 1. The van der Waals surface area contributed by atoms with Crippen LogP contribution in [-0.4, -0.2) is 41.9 Å². The average Bonchev–Trinajstić information content (AvgIpc) is 2.59. The summed E-state index contributed by atoms with van der Waals surface area (Å²) in [5.41, 5.74) is 9.15. The van der Waals surface area contributed by atoms with E-state index in [-0.39, 0.29) is 12.3 Å². The van der Waals surface area contributed by atoms with Gasteiger partial charge in [-0.05, 0) is 29.3 Å². The van der Waals surface area contributed by atoms with Crippen molar-refractivity contribution in [3.8, 4) is 0 Å². The van der Waals surface area contributed by atoms with Crippen molar-refractivity contribution in [1.82, 2.24) is 4.72 Å². The molecule has 0 aliphatic heterocycles. The normalized spacial score (nSPS) is 14.1. The highest BCUT2D eigenvalue weighted by Crippen LogP contribution is 2.27. The monoisotopic (exact) mass is 432 g/mol. The Kier molecular flexibility index (Phi) is 8.77. The van der Waals surface area contributed by atoms with E-state index in [1.807, 2.05) is 0 Å². The van der Waals surface area contributed by atoms with E-state index in [4.69, 9.17) is 21.9 Å². The van der Waals surface area contributed by atoms with Crippen LogP contribution in [0.25, 0.3) is 10.4 Å². The summed E-state index contributed by atoms with van der Waals surface area (Å²) in [4.78, 5) is 14.9. The lowest BCUT2D eigenvalue weighted by Gasteiger charge is -2.26. The molecule has 1 N–H and O–H groups in total. The molecule has 0 saturated carbocycles. The van der Waals surface area contributed by atoms with Crippen LogP contribution < -0.4 is 4.72 Å². The van der Waals surface area contributed by atoms with E-state index >= 15 is 0 Å². The number of benzene rings is 1. The van der Waals surface area contributed by atoms with E-state index in [1.54, 1.807) is 24.3 Å². The van der Waals surface area contributed by atoms with Gasteiger partial charge in [-0.1, -0.05) is 48.5 Å². The molecular weight excluding hydrogens is 408 g/mol. The van der Waals surface area contributed by atoms with Crippen LogP contribution in [0.5, 0.6) is 0 Å². The summed E-state index contributed by atoms with van der Waals surface area (Å²) in [6, 6.07) is 6.09. The van der Waals surface area contributed by atoms with Crippen molar-refractivity contribution in [2.45, 2.75) is 31.7 Å². The maximum Gasteiger partial charge on any atom is 0.310 e. The number of nitrogens with zero attached hydrogens (tertiary/aromatic N) is 3. The van der Waals surface area contributed by atoms with E-state index < -0.39 is 36.0 Å². The van der Waals surface area contributed by atoms with Crippen molar-refractivity contribution in [3.05, 3.63) is 45.3 Å². The molecule has 0 bridgehead atoms. The number of hydrogen-bond donors (Lipinski definition) is 1. The van der Waals surface area contributed by atoms with Gasteiger partial charge in [0.1, 0.15) is 0 Å². The molecular formula is C16H25ClN4O4SSi. The van der Waals surface area contributed by atoms with Gasteiger partial charge in [-0.15, -0.1) is 0 Å². The molecule has 1 rings (SSSR count). The van der Waals surface area contributed by atoms with Gasteiger partial charge in [0.05, 0.1) is 24.8 Å². The Labute approximate surface area is 165 Å². The summed E-state index contributed by atoms with van der Waals surface area (Å²) in [5.74, 6) is -1.72. The first-order valence-corrected chi connectivity index (χ1v) is 14.1. The highest BCUT2D eigenvalue weighted by atomic mass is 35.5. The molecule has 2 atom stereocenters. The quantitative estimate of drug-likeness (QED) is 0.199. The Morgan fingerprint density at radius 2 is 1.93 bits per heavy atom. The van der Waals surface area contributed by atoms with Crippen molar-refractivity contribution in [1.29, 1.82) is 0 Å². The average molecular weight is 433 g/mol. The van der Waals surface area contributed by atoms with E-state index in [1.165, 1.54) is 7.11 Å². The second-order valence-electron chi connectivity index (χ2n) is 7.32. The Morgan fingerprint density at radius 1 is 1.33 bits per heavy atom. The molecule has 0 radical (unpaired) electrons. The number of methoxy groups -OCH3 is 1. The van der Waals surface area contributed by atoms with Gasteiger partial charge in [-0.3, -0.25) is 4.79 Å². The molecule has 8 nitrogen and oxygen atoms in total. The van der Waals surface area contributed by atoms with Gasteiger partial charge in [-0.2, -0.15) is 0 Å². The van der Waals surface area contributed by atoms with Gasteiger partial charge in [0.25, 0.3) is 0 Å². The maximum atomic E-state index is 12.6. The highest BCUT2D eigenvalue weighted by Gasteiger charge is 2.33. The maximum absolute atomic E-state index is 12.6. The standard InChI is InChI=1S/C16H25ClN4O4SSi/c1-25-16(22)14(11-19-21-18)15(12-5-7-13(17)8-6-12)20-26(23,24)9-10-27(2,3)4/h5-8,14-15,20H,9-11H2,1-4H3/t14-,15+/m1/s1. The Balaban J connectivity index is 3.25. The zero-order valence-electron chi connectivity index (χ0n) is 15.8. The van der Waals surface area contributed by atoms with Crippen LogP contribution in [0.3, 0.4) is 0 Å². The lowest BCUT2D eigenvalue weighted by Crippen LogP contribution is -2.40. The fourth-order valence-corrected chi connectivity index (χ4v) is 6.79. The molecule has 0 fully saturated rings. The van der Waals surface area contributed by atoms with Crippen LogP contribution in [0, 0.1) is 5.92 Å². The number of rotatable bonds is 10. The summed E-state index contributed by atoms with van der Waals surface area (Å²) >= 11 is 5.91. The molecule has 0 amide bonds. The van der Waals surface area contributed by atoms with Crippen molar-refractivity contribution < 1.29 is 17.9 Å². The number of sulfonamides is 1. The van der Waals surface area contributed by atoms with Crippen molar-refractivity contribution in [3.63, 3.8) is 0 Å². The van der Waals surface area contributed by atoms with Crippen LogP contribution in [0.2, 0.25) is 30.7 Å². The Bertz CT molecular complexity index is 790. The summed E-state index contributed by atoms with van der Waals surface area (Å²) < 4.78 is 32.7. The van der Waals surface area contributed by atoms with Crippen molar-refractivity contribution >= 4 is 35.7 Å². The second kappa shape index (κ2) is 10.1. The fourth-order valence-electron chi connectivity index (χ4n) is 2.34. The van der Waals surface area contributed by atoms with Gasteiger partial charge < -0.3 is 4.74 Å². The topological polar surface area (TPSA) is 121 Å². The molecule has 0 aliphatic rings. The third kappa shape index (κ3) is 8.31. The molecule has 0 heterocycles. The lowest BCUT2D eigenvalue weighted by atomic mass is 9.94. The third-order valence-corrected chi connectivity index (χ3v) is 7.62. The van der Waals surface area contributed by atoms with Crippen molar-refractivity contribution in [2.75, 3.05) is 19.4 Å². The molecule has 1 aromatic carbocycles. The second-order valence-corrected chi connectivity index (χ2v) is 15.3. The summed E-state index contributed by atoms with van der Waals surface area (Å²) in [6.45, 7) is 6.00. The number of ether oxygens (including phenoxy) is 1. The number of nitrogens with one attached hydrogen (secondary N) is 1. The number of esters is 1. The van der Waals surface area contributed by atoms with Crippen LogP contribution >= 0.6 is 11.6 Å². The van der Waals surface area contributed by atoms with Crippen LogP contribution in [0.1, 0.15) is 11.6 Å². The number of carbonyl (C=O) groups excluding carboxylic acids is 1. The van der Waals surface area contributed by atoms with Crippen molar-refractivity contribution in [2.24, 2.45) is 11.0 Å². The minimum atomic E-state index is -3.67. The SMILES string of the molecule is COC(=O)[C@H](CN=[N+]=[N-])[C@@H](NS(=O)(=O)CC[Si](C)(C)C)c1ccc(Cl)cc1. The minimum Gasteiger partial charge on any atom is -0.469 e. The predicted molar refractivity (Wildman–Crippen MR) is 109 cm³/mol. The number of halogens is 1. The van der Waals surface area contributed by atoms with E-state index in [2.05, 4.69) is 34.4 Å². The van der Waals surface area contributed by atoms with Crippen LogP contribution in [-0.2, 0) is 19.6 Å². The van der Waals surface area contributed by atoms with Gasteiger partial charge in [-0.25, -0.2) is 13.1 Å². The summed E-state index contributed by atoms with van der Waals surface area (Å²) in [5, 5.41) is 3.92. The first kappa shape index (κ1) is 23.5. The first-order valence-electron chi connectivity index (χ1n) is 8.33. The van der Waals surface area contributed by atoms with E-state index in [0.29, 0.717) is 16.6 Å². The van der Waals surface area contributed by atoms with Crippen LogP contribution in [0.4, 0.5) is 0 Å².